The molecule has 0 atom stereocenters. The van der Waals surface area contributed by atoms with E-state index in [0.717, 1.165) is 23.5 Å². The minimum absolute atomic E-state index is 0.217. The highest BCUT2D eigenvalue weighted by atomic mass is 35.5. The molecule has 0 bridgehead atoms. The molecule has 1 aliphatic rings. The summed E-state index contributed by atoms with van der Waals surface area (Å²) in [6.45, 7) is 3.42. The lowest BCUT2D eigenvalue weighted by Crippen LogP contribution is -2.31. The zero-order chi connectivity index (χ0) is 27.0. The molecule has 2 heterocycles. The summed E-state index contributed by atoms with van der Waals surface area (Å²) in [4.78, 5) is 30.5. The van der Waals surface area contributed by atoms with Crippen LogP contribution in [0.3, 0.4) is 0 Å². The van der Waals surface area contributed by atoms with E-state index in [2.05, 4.69) is 26.9 Å². The molecule has 8 heteroatoms. The molecule has 0 saturated carbocycles. The first-order valence-electron chi connectivity index (χ1n) is 12.3. The van der Waals surface area contributed by atoms with Gasteiger partial charge in [-0.1, -0.05) is 35.9 Å². The summed E-state index contributed by atoms with van der Waals surface area (Å²) in [6, 6.07) is 21.2. The Hall–Kier alpha value is -3.94. The molecule has 0 fully saturated rings. The average molecular weight is 531 g/mol. The number of fused-ring (bicyclic) bond motifs is 2. The molecule has 194 valence electrons. The normalized spacial score (nSPS) is 12.6. The summed E-state index contributed by atoms with van der Waals surface area (Å²) in [5.74, 6) is -1.13. The third kappa shape index (κ3) is 4.95. The fourth-order valence-corrected chi connectivity index (χ4v) is 5.09. The highest BCUT2D eigenvalue weighted by Crippen LogP contribution is 2.32. The van der Waals surface area contributed by atoms with Gasteiger partial charge in [0, 0.05) is 41.4 Å². The predicted octanol–water partition coefficient (Wildman–Crippen LogP) is 6.11. The van der Waals surface area contributed by atoms with Crippen LogP contribution < -0.4 is 10.2 Å². The van der Waals surface area contributed by atoms with Crippen molar-refractivity contribution in [3.05, 3.63) is 117 Å². The van der Waals surface area contributed by atoms with Gasteiger partial charge in [-0.25, -0.2) is 4.39 Å². The Labute approximate surface area is 226 Å². The van der Waals surface area contributed by atoms with Gasteiger partial charge in [0.25, 0.3) is 11.8 Å². The van der Waals surface area contributed by atoms with E-state index in [0.29, 0.717) is 24.3 Å². The van der Waals surface area contributed by atoms with Crippen LogP contribution in [-0.4, -0.2) is 35.4 Å². The monoisotopic (exact) mass is 530 g/mol. The van der Waals surface area contributed by atoms with Crippen molar-refractivity contribution >= 4 is 34.8 Å². The molecule has 38 heavy (non-hydrogen) atoms. The zero-order valence-corrected chi connectivity index (χ0v) is 22.2. The Morgan fingerprint density at radius 2 is 1.76 bits per heavy atom. The van der Waals surface area contributed by atoms with Crippen molar-refractivity contribution in [2.45, 2.75) is 26.6 Å². The molecule has 1 N–H and O–H groups in total. The zero-order valence-electron chi connectivity index (χ0n) is 21.5. The highest BCUT2D eigenvalue weighted by Gasteiger charge is 2.27. The number of hydrogen-bond donors (Lipinski definition) is 1. The third-order valence-corrected chi connectivity index (χ3v) is 7.10. The molecule has 2 amide bonds. The Kier molecular flexibility index (Phi) is 7.06. The second-order valence-corrected chi connectivity index (χ2v) is 10.1. The fraction of sp³-hybridized carbons (Fsp3) is 0.200. The molecular weight excluding hydrogens is 503 g/mol. The summed E-state index contributed by atoms with van der Waals surface area (Å²) in [5, 5.41) is 2.96. The lowest BCUT2D eigenvalue weighted by Gasteiger charge is -2.23. The van der Waals surface area contributed by atoms with Crippen molar-refractivity contribution in [3.8, 4) is 0 Å². The number of rotatable bonds is 5. The smallest absolute Gasteiger partial charge is 0.260 e. The van der Waals surface area contributed by atoms with Gasteiger partial charge in [-0.3, -0.25) is 9.59 Å². The lowest BCUT2D eigenvalue weighted by atomic mass is 10.1. The van der Waals surface area contributed by atoms with Crippen LogP contribution in [0.15, 0.2) is 72.8 Å². The van der Waals surface area contributed by atoms with Gasteiger partial charge >= 0.3 is 0 Å². The summed E-state index contributed by atoms with van der Waals surface area (Å²) in [5.41, 5.74) is 5.35. The number of nitrogens with one attached hydrogen (secondary N) is 1. The number of amides is 2. The number of nitrogens with zero attached hydrogens (tertiary/aromatic N) is 3. The molecule has 3 aromatic carbocycles. The number of benzene rings is 3. The van der Waals surface area contributed by atoms with Gasteiger partial charge in [0.15, 0.2) is 0 Å². The number of carbonyl (C=O) groups is 2. The average Bonchev–Trinajstić information content (AvgIpc) is 3.15. The van der Waals surface area contributed by atoms with Crippen LogP contribution in [0, 0.1) is 12.7 Å². The summed E-state index contributed by atoms with van der Waals surface area (Å²) in [6.07, 6.45) is 0. The van der Waals surface area contributed by atoms with Crippen LogP contribution in [0.2, 0.25) is 5.02 Å². The summed E-state index contributed by atoms with van der Waals surface area (Å²) >= 11 is 6.59. The first-order valence-corrected chi connectivity index (χ1v) is 12.7. The minimum atomic E-state index is -0.451. The number of aromatic nitrogens is 1. The van der Waals surface area contributed by atoms with Crippen molar-refractivity contribution < 1.29 is 14.0 Å². The van der Waals surface area contributed by atoms with Gasteiger partial charge in [0.1, 0.15) is 5.82 Å². The molecule has 5 rings (SSSR count). The van der Waals surface area contributed by atoms with E-state index in [4.69, 9.17) is 11.6 Å². The lowest BCUT2D eigenvalue weighted by molar-refractivity contribution is 0.0984. The largest absolute Gasteiger partial charge is 0.341 e. The van der Waals surface area contributed by atoms with Crippen LogP contribution in [0.5, 0.6) is 0 Å². The highest BCUT2D eigenvalue weighted by molar-refractivity contribution is 6.35. The molecule has 0 radical (unpaired) electrons. The van der Waals surface area contributed by atoms with Crippen molar-refractivity contribution in [1.82, 2.24) is 9.47 Å². The van der Waals surface area contributed by atoms with Gasteiger partial charge in [0.2, 0.25) is 0 Å². The standard InChI is InChI=1S/C30H28ClFN4O2/c1-19-24(8-6-9-27(19)32)29(37)33-21-11-14-25(26(31)15-21)30(38)36-18-23-13-12-22(17-34(2)3)35(23)16-20-7-4-5-10-28(20)36/h4-15H,16-18H2,1-3H3,(H,33,37). The molecule has 6 nitrogen and oxygen atoms in total. The van der Waals surface area contributed by atoms with E-state index in [-0.39, 0.29) is 22.1 Å². The van der Waals surface area contributed by atoms with Crippen LogP contribution in [0.1, 0.15) is 43.2 Å². The van der Waals surface area contributed by atoms with E-state index in [1.807, 2.05) is 38.4 Å². The first kappa shape index (κ1) is 25.7. The Bertz CT molecular complexity index is 1550. The molecule has 1 aliphatic heterocycles. The Balaban J connectivity index is 1.44. The number of hydrogen-bond acceptors (Lipinski definition) is 3. The van der Waals surface area contributed by atoms with Gasteiger partial charge in [0.05, 0.1) is 17.1 Å². The Morgan fingerprint density at radius 3 is 2.53 bits per heavy atom. The van der Waals surface area contributed by atoms with E-state index >= 15 is 0 Å². The number of carbonyl (C=O) groups excluding carboxylic acids is 2. The topological polar surface area (TPSA) is 57.6 Å². The molecule has 1 aromatic heterocycles. The number of halogens is 2. The minimum Gasteiger partial charge on any atom is -0.341 e. The van der Waals surface area contributed by atoms with E-state index in [1.54, 1.807) is 36.1 Å². The maximum absolute atomic E-state index is 13.9. The number of para-hydroxylation sites is 1. The van der Waals surface area contributed by atoms with Crippen molar-refractivity contribution in [2.75, 3.05) is 24.3 Å². The first-order chi connectivity index (χ1) is 18.2. The van der Waals surface area contributed by atoms with Crippen molar-refractivity contribution in [1.29, 1.82) is 0 Å². The van der Waals surface area contributed by atoms with E-state index < -0.39 is 11.7 Å². The van der Waals surface area contributed by atoms with Crippen LogP contribution >= 0.6 is 11.6 Å². The van der Waals surface area contributed by atoms with Crippen LogP contribution in [0.4, 0.5) is 15.8 Å². The molecule has 0 spiro atoms. The molecule has 0 saturated heterocycles. The summed E-state index contributed by atoms with van der Waals surface area (Å²) in [7, 11) is 4.07. The van der Waals surface area contributed by atoms with E-state index in [9.17, 15) is 14.0 Å². The second-order valence-electron chi connectivity index (χ2n) is 9.72. The second kappa shape index (κ2) is 10.4. The van der Waals surface area contributed by atoms with Crippen molar-refractivity contribution in [3.63, 3.8) is 0 Å². The number of anilines is 2. The molecule has 0 aliphatic carbocycles. The third-order valence-electron chi connectivity index (χ3n) is 6.79. The van der Waals surface area contributed by atoms with Gasteiger partial charge in [-0.15, -0.1) is 0 Å². The maximum Gasteiger partial charge on any atom is 0.260 e. The fourth-order valence-electron chi connectivity index (χ4n) is 4.83. The SMILES string of the molecule is Cc1c(F)cccc1C(=O)Nc1ccc(C(=O)N2Cc3ccc(CN(C)C)n3Cc3ccccc32)c(Cl)c1. The molecule has 4 aromatic rings. The predicted molar refractivity (Wildman–Crippen MR) is 148 cm³/mol. The van der Waals surface area contributed by atoms with Crippen LogP contribution in [-0.2, 0) is 19.6 Å². The van der Waals surface area contributed by atoms with Crippen molar-refractivity contribution in [2.24, 2.45) is 0 Å². The molecule has 0 unspecified atom stereocenters. The molecular formula is C30H28ClFN4O2. The van der Waals surface area contributed by atoms with Gasteiger partial charge in [-0.05, 0) is 80.7 Å². The van der Waals surface area contributed by atoms with Gasteiger partial charge in [-0.2, -0.15) is 0 Å². The van der Waals surface area contributed by atoms with Gasteiger partial charge < -0.3 is 19.7 Å². The van der Waals surface area contributed by atoms with E-state index in [1.165, 1.54) is 17.8 Å². The Morgan fingerprint density at radius 1 is 0.974 bits per heavy atom. The maximum atomic E-state index is 13.9. The summed E-state index contributed by atoms with van der Waals surface area (Å²) < 4.78 is 16.2. The van der Waals surface area contributed by atoms with Crippen LogP contribution in [0.25, 0.3) is 0 Å². The quantitative estimate of drug-likeness (QED) is 0.338.